The van der Waals surface area contributed by atoms with Crippen LogP contribution in [0.4, 0.5) is 0 Å². The van der Waals surface area contributed by atoms with Crippen LogP contribution in [0, 0.1) is 6.92 Å². The molecule has 0 heterocycles. The van der Waals surface area contributed by atoms with Gasteiger partial charge >= 0.3 is 0 Å². The van der Waals surface area contributed by atoms with Gasteiger partial charge in [-0.05, 0) is 26.0 Å². The highest BCUT2D eigenvalue weighted by Gasteiger charge is 2.15. The normalized spacial score (nSPS) is 12.0. The van der Waals surface area contributed by atoms with Crippen molar-refractivity contribution in [3.63, 3.8) is 0 Å². The Morgan fingerprint density at radius 1 is 1.27 bits per heavy atom. The van der Waals surface area contributed by atoms with Crippen molar-refractivity contribution in [1.29, 1.82) is 0 Å². The molecule has 0 unspecified atom stereocenters. The Labute approximate surface area is 90.7 Å². The van der Waals surface area contributed by atoms with Gasteiger partial charge in [-0.3, -0.25) is 4.79 Å². The standard InChI is InChI=1S/C12H17NO2/c1-9-5-7-11(8-6-9)15-10(2)12(14)13(3)4/h5-8,10H,1-4H3/t10-/m0/s1. The number of aryl methyl sites for hydroxylation is 1. The van der Waals surface area contributed by atoms with Crippen LogP contribution >= 0.6 is 0 Å². The van der Waals surface area contributed by atoms with Gasteiger partial charge in [0, 0.05) is 14.1 Å². The summed E-state index contributed by atoms with van der Waals surface area (Å²) in [5.74, 6) is 0.693. The number of hydrogen-bond acceptors (Lipinski definition) is 2. The molecule has 0 aliphatic rings. The lowest BCUT2D eigenvalue weighted by Crippen LogP contribution is -2.35. The van der Waals surface area contributed by atoms with Gasteiger partial charge in [0.05, 0.1) is 0 Å². The third-order valence-electron chi connectivity index (χ3n) is 2.12. The SMILES string of the molecule is Cc1ccc(O[C@@H](C)C(=O)N(C)C)cc1. The van der Waals surface area contributed by atoms with Crippen molar-refractivity contribution in [3.8, 4) is 5.75 Å². The fraction of sp³-hybridized carbons (Fsp3) is 0.417. The van der Waals surface area contributed by atoms with Crippen LogP contribution in [0.1, 0.15) is 12.5 Å². The van der Waals surface area contributed by atoms with Crippen LogP contribution in [0.25, 0.3) is 0 Å². The Bertz CT molecular complexity index is 330. The van der Waals surface area contributed by atoms with Crippen LogP contribution in [0.15, 0.2) is 24.3 Å². The second kappa shape index (κ2) is 4.82. The Balaban J connectivity index is 2.62. The van der Waals surface area contributed by atoms with E-state index in [9.17, 15) is 4.79 Å². The molecule has 1 rings (SSSR count). The van der Waals surface area contributed by atoms with Crippen molar-refractivity contribution in [2.24, 2.45) is 0 Å². The van der Waals surface area contributed by atoms with Gasteiger partial charge in [-0.1, -0.05) is 17.7 Å². The van der Waals surface area contributed by atoms with Crippen LogP contribution in [-0.2, 0) is 4.79 Å². The average Bonchev–Trinajstić information content (AvgIpc) is 2.20. The summed E-state index contributed by atoms with van der Waals surface area (Å²) < 4.78 is 5.50. The van der Waals surface area contributed by atoms with E-state index >= 15 is 0 Å². The first kappa shape index (κ1) is 11.6. The van der Waals surface area contributed by atoms with E-state index in [0.29, 0.717) is 0 Å². The van der Waals surface area contributed by atoms with Gasteiger partial charge in [-0.15, -0.1) is 0 Å². The molecule has 0 aliphatic carbocycles. The molecular formula is C12H17NO2. The second-order valence-corrected chi connectivity index (χ2v) is 3.81. The summed E-state index contributed by atoms with van der Waals surface area (Å²) in [6.07, 6.45) is -0.442. The van der Waals surface area contributed by atoms with Crippen LogP contribution in [0.2, 0.25) is 0 Å². The molecule has 1 amide bonds. The molecule has 15 heavy (non-hydrogen) atoms. The topological polar surface area (TPSA) is 29.5 Å². The third kappa shape index (κ3) is 3.27. The molecule has 0 spiro atoms. The molecule has 1 aromatic carbocycles. The molecule has 0 fully saturated rings. The number of carbonyl (C=O) groups is 1. The minimum absolute atomic E-state index is 0.0319. The van der Waals surface area contributed by atoms with Crippen molar-refractivity contribution < 1.29 is 9.53 Å². The van der Waals surface area contributed by atoms with Crippen molar-refractivity contribution in [3.05, 3.63) is 29.8 Å². The van der Waals surface area contributed by atoms with E-state index in [-0.39, 0.29) is 5.91 Å². The largest absolute Gasteiger partial charge is 0.481 e. The second-order valence-electron chi connectivity index (χ2n) is 3.81. The molecule has 0 aromatic heterocycles. The fourth-order valence-corrected chi connectivity index (χ4v) is 1.23. The first-order chi connectivity index (χ1) is 7.00. The minimum atomic E-state index is -0.442. The molecule has 0 radical (unpaired) electrons. The number of likely N-dealkylation sites (N-methyl/N-ethyl adjacent to an activating group) is 1. The van der Waals surface area contributed by atoms with Crippen LogP contribution in [0.3, 0.4) is 0 Å². The number of hydrogen-bond donors (Lipinski definition) is 0. The van der Waals surface area contributed by atoms with E-state index < -0.39 is 6.10 Å². The lowest BCUT2D eigenvalue weighted by molar-refractivity contribution is -0.135. The lowest BCUT2D eigenvalue weighted by Gasteiger charge is -2.18. The van der Waals surface area contributed by atoms with Crippen molar-refractivity contribution in [1.82, 2.24) is 4.90 Å². The first-order valence-corrected chi connectivity index (χ1v) is 4.95. The first-order valence-electron chi connectivity index (χ1n) is 4.95. The van der Waals surface area contributed by atoms with Crippen LogP contribution in [0.5, 0.6) is 5.75 Å². The highest BCUT2D eigenvalue weighted by molar-refractivity contribution is 5.80. The zero-order chi connectivity index (χ0) is 11.4. The predicted octanol–water partition coefficient (Wildman–Crippen LogP) is 1.85. The number of benzene rings is 1. The zero-order valence-corrected chi connectivity index (χ0v) is 9.65. The Hall–Kier alpha value is -1.51. The summed E-state index contributed by atoms with van der Waals surface area (Å²) >= 11 is 0. The van der Waals surface area contributed by atoms with Gasteiger partial charge in [0.2, 0.25) is 0 Å². The highest BCUT2D eigenvalue weighted by Crippen LogP contribution is 2.13. The van der Waals surface area contributed by atoms with E-state index in [4.69, 9.17) is 4.74 Å². The van der Waals surface area contributed by atoms with Crippen molar-refractivity contribution in [2.75, 3.05) is 14.1 Å². The molecular weight excluding hydrogens is 190 g/mol. The summed E-state index contributed by atoms with van der Waals surface area (Å²) in [5, 5.41) is 0. The molecule has 0 saturated carbocycles. The molecule has 1 aromatic rings. The summed E-state index contributed by atoms with van der Waals surface area (Å²) in [6, 6.07) is 7.66. The maximum atomic E-state index is 11.5. The van der Waals surface area contributed by atoms with E-state index in [0.717, 1.165) is 5.75 Å². The molecule has 82 valence electrons. The van der Waals surface area contributed by atoms with Gasteiger partial charge in [0.1, 0.15) is 5.75 Å². The van der Waals surface area contributed by atoms with E-state index in [1.807, 2.05) is 31.2 Å². The lowest BCUT2D eigenvalue weighted by atomic mass is 10.2. The Kier molecular flexibility index (Phi) is 3.72. The van der Waals surface area contributed by atoms with Gasteiger partial charge < -0.3 is 9.64 Å². The molecule has 3 heteroatoms. The smallest absolute Gasteiger partial charge is 0.262 e. The summed E-state index contributed by atoms with van der Waals surface area (Å²) in [6.45, 7) is 3.76. The van der Waals surface area contributed by atoms with E-state index in [1.165, 1.54) is 10.5 Å². The van der Waals surface area contributed by atoms with E-state index in [1.54, 1.807) is 21.0 Å². The van der Waals surface area contributed by atoms with E-state index in [2.05, 4.69) is 0 Å². The minimum Gasteiger partial charge on any atom is -0.481 e. The van der Waals surface area contributed by atoms with Gasteiger partial charge in [0.15, 0.2) is 6.10 Å². The molecule has 0 bridgehead atoms. The number of rotatable bonds is 3. The van der Waals surface area contributed by atoms with Crippen LogP contribution in [-0.4, -0.2) is 31.0 Å². The van der Waals surface area contributed by atoms with Gasteiger partial charge in [0.25, 0.3) is 5.91 Å². The fourth-order valence-electron chi connectivity index (χ4n) is 1.23. The Morgan fingerprint density at radius 3 is 2.27 bits per heavy atom. The van der Waals surface area contributed by atoms with Crippen LogP contribution < -0.4 is 4.74 Å². The quantitative estimate of drug-likeness (QED) is 0.757. The summed E-state index contributed by atoms with van der Waals surface area (Å²) in [4.78, 5) is 13.0. The zero-order valence-electron chi connectivity index (χ0n) is 9.65. The maximum Gasteiger partial charge on any atom is 0.262 e. The highest BCUT2D eigenvalue weighted by atomic mass is 16.5. The summed E-state index contributed by atoms with van der Waals surface area (Å²) in [7, 11) is 3.44. The predicted molar refractivity (Wildman–Crippen MR) is 60.0 cm³/mol. The number of carbonyl (C=O) groups excluding carboxylic acids is 1. The van der Waals surface area contributed by atoms with Crippen molar-refractivity contribution >= 4 is 5.91 Å². The molecule has 3 nitrogen and oxygen atoms in total. The summed E-state index contributed by atoms with van der Waals surface area (Å²) in [5.41, 5.74) is 1.17. The molecule has 1 atom stereocenters. The number of amides is 1. The van der Waals surface area contributed by atoms with Gasteiger partial charge in [-0.25, -0.2) is 0 Å². The van der Waals surface area contributed by atoms with Crippen molar-refractivity contribution in [2.45, 2.75) is 20.0 Å². The molecule has 0 N–H and O–H groups in total. The average molecular weight is 207 g/mol. The van der Waals surface area contributed by atoms with Gasteiger partial charge in [-0.2, -0.15) is 0 Å². The molecule has 0 aliphatic heterocycles. The monoisotopic (exact) mass is 207 g/mol. The molecule has 0 saturated heterocycles. The maximum absolute atomic E-state index is 11.5. The number of ether oxygens (including phenoxy) is 1. The third-order valence-corrected chi connectivity index (χ3v) is 2.12. The Morgan fingerprint density at radius 2 is 1.80 bits per heavy atom. The number of nitrogens with zero attached hydrogens (tertiary/aromatic N) is 1.